The summed E-state index contributed by atoms with van der Waals surface area (Å²) < 4.78 is 64.8. The van der Waals surface area contributed by atoms with Crippen LogP contribution in [0.1, 0.15) is 34.3 Å². The van der Waals surface area contributed by atoms with E-state index in [1.165, 1.54) is 16.4 Å². The molecule has 1 heterocycles. The molecule has 1 fully saturated rings. The minimum absolute atomic E-state index is 0.0305. The van der Waals surface area contributed by atoms with Gasteiger partial charge in [0.25, 0.3) is 5.91 Å². The number of anilines is 2. The Bertz CT molecular complexity index is 1060. The molecule has 5 nitrogen and oxygen atoms in total. The fraction of sp³-hybridized carbons (Fsp3) is 0.316. The number of nitrogens with one attached hydrogen (secondary N) is 1. The van der Waals surface area contributed by atoms with Crippen LogP contribution in [0.4, 0.5) is 24.5 Å². The van der Waals surface area contributed by atoms with Gasteiger partial charge in [0.1, 0.15) is 0 Å². The predicted octanol–water partition coefficient (Wildman–Crippen LogP) is 4.85. The third-order valence-electron chi connectivity index (χ3n) is 4.63. The Hall–Kier alpha value is -2.26. The summed E-state index contributed by atoms with van der Waals surface area (Å²) in [7, 11) is -3.47. The van der Waals surface area contributed by atoms with Gasteiger partial charge < -0.3 is 5.32 Å². The van der Waals surface area contributed by atoms with Gasteiger partial charge in [-0.3, -0.25) is 9.10 Å². The number of halogens is 4. The van der Waals surface area contributed by atoms with Gasteiger partial charge in [0, 0.05) is 12.1 Å². The van der Waals surface area contributed by atoms with Gasteiger partial charge in [-0.15, -0.1) is 0 Å². The van der Waals surface area contributed by atoms with Crippen LogP contribution in [-0.4, -0.2) is 26.6 Å². The lowest BCUT2D eigenvalue weighted by Crippen LogP contribution is -2.38. The highest BCUT2D eigenvalue weighted by Crippen LogP contribution is 2.34. The number of aryl methyl sites for hydroxylation is 1. The van der Waals surface area contributed by atoms with Gasteiger partial charge >= 0.3 is 6.18 Å². The summed E-state index contributed by atoms with van der Waals surface area (Å²) in [6.45, 7) is 2.04. The van der Waals surface area contributed by atoms with Crippen molar-refractivity contribution in [1.29, 1.82) is 0 Å². The molecular weight excluding hydrogens is 429 g/mol. The lowest BCUT2D eigenvalue weighted by atomic mass is 10.1. The lowest BCUT2D eigenvalue weighted by Gasteiger charge is -2.29. The van der Waals surface area contributed by atoms with Crippen LogP contribution in [0, 0.1) is 6.92 Å². The molecule has 0 aliphatic carbocycles. The lowest BCUT2D eigenvalue weighted by molar-refractivity contribution is -0.137. The smallest absolute Gasteiger partial charge is 0.321 e. The highest BCUT2D eigenvalue weighted by Gasteiger charge is 2.31. The second-order valence-electron chi connectivity index (χ2n) is 6.74. The number of sulfonamides is 1. The highest BCUT2D eigenvalue weighted by molar-refractivity contribution is 7.92. The van der Waals surface area contributed by atoms with Gasteiger partial charge in [-0.25, -0.2) is 8.42 Å². The number of benzene rings is 2. The molecule has 1 aliphatic heterocycles. The Kier molecular flexibility index (Phi) is 5.82. The first-order valence-corrected chi connectivity index (χ1v) is 10.8. The summed E-state index contributed by atoms with van der Waals surface area (Å²) in [5.74, 6) is -0.662. The van der Waals surface area contributed by atoms with Crippen molar-refractivity contribution in [2.75, 3.05) is 21.9 Å². The number of rotatable bonds is 3. The molecule has 1 amide bonds. The van der Waals surface area contributed by atoms with Crippen molar-refractivity contribution >= 4 is 38.9 Å². The standard InChI is InChI=1S/C19H18ClF3N2O3S/c1-12-4-5-13(10-17(12)25-8-2-3-9-29(25,27)28)18(26)24-16-11-14(19(21,22)23)6-7-15(16)20/h4-7,10-11H,2-3,8-9H2,1H3,(H,24,26). The average Bonchev–Trinajstić information content (AvgIpc) is 2.63. The number of carbonyl (C=O) groups excluding carboxylic acids is 1. The van der Waals surface area contributed by atoms with Crippen molar-refractivity contribution < 1.29 is 26.4 Å². The summed E-state index contributed by atoms with van der Waals surface area (Å²) in [6.07, 6.45) is -3.30. The van der Waals surface area contributed by atoms with Gasteiger partial charge in [-0.05, 0) is 55.7 Å². The first-order valence-electron chi connectivity index (χ1n) is 8.78. The van der Waals surface area contributed by atoms with Crippen LogP contribution in [-0.2, 0) is 16.2 Å². The zero-order valence-electron chi connectivity index (χ0n) is 15.4. The van der Waals surface area contributed by atoms with E-state index in [4.69, 9.17) is 11.6 Å². The first-order chi connectivity index (χ1) is 13.5. The van der Waals surface area contributed by atoms with Crippen LogP contribution in [0.25, 0.3) is 0 Å². The number of alkyl halides is 3. The summed E-state index contributed by atoms with van der Waals surface area (Å²) in [4.78, 5) is 12.6. The molecule has 1 N–H and O–H groups in total. The van der Waals surface area contributed by atoms with Crippen molar-refractivity contribution in [2.24, 2.45) is 0 Å². The molecule has 0 bridgehead atoms. The average molecular weight is 447 g/mol. The van der Waals surface area contributed by atoms with E-state index in [1.807, 2.05) is 0 Å². The highest BCUT2D eigenvalue weighted by atomic mass is 35.5. The quantitative estimate of drug-likeness (QED) is 0.733. The number of carbonyl (C=O) groups is 1. The Morgan fingerprint density at radius 2 is 1.86 bits per heavy atom. The first kappa shape index (κ1) is 21.4. The molecule has 3 rings (SSSR count). The molecule has 0 spiro atoms. The van der Waals surface area contributed by atoms with Crippen LogP contribution >= 0.6 is 11.6 Å². The summed E-state index contributed by atoms with van der Waals surface area (Å²) in [5.41, 5.74) is 0.0388. The fourth-order valence-electron chi connectivity index (χ4n) is 3.07. The minimum atomic E-state index is -4.58. The van der Waals surface area contributed by atoms with Crippen molar-refractivity contribution in [3.63, 3.8) is 0 Å². The molecule has 2 aromatic rings. The Balaban J connectivity index is 1.91. The van der Waals surface area contributed by atoms with Crippen LogP contribution < -0.4 is 9.62 Å². The van der Waals surface area contributed by atoms with Crippen molar-refractivity contribution in [3.05, 3.63) is 58.1 Å². The molecule has 0 saturated carbocycles. The van der Waals surface area contributed by atoms with Gasteiger partial charge in [0.15, 0.2) is 0 Å². The van der Waals surface area contributed by atoms with E-state index in [-0.39, 0.29) is 22.0 Å². The van der Waals surface area contributed by atoms with E-state index >= 15 is 0 Å². The Labute approximate surface area is 171 Å². The number of amides is 1. The van der Waals surface area contributed by atoms with Crippen LogP contribution in [0.3, 0.4) is 0 Å². The predicted molar refractivity (Wildman–Crippen MR) is 106 cm³/mol. The summed E-state index contributed by atoms with van der Waals surface area (Å²) in [6, 6.07) is 7.14. The third-order valence-corrected chi connectivity index (χ3v) is 6.82. The Morgan fingerprint density at radius 1 is 1.14 bits per heavy atom. The second-order valence-corrected chi connectivity index (χ2v) is 9.16. The second kappa shape index (κ2) is 7.87. The van der Waals surface area contributed by atoms with Crippen LogP contribution in [0.5, 0.6) is 0 Å². The topological polar surface area (TPSA) is 66.5 Å². The molecule has 0 unspecified atom stereocenters. The zero-order chi connectivity index (χ0) is 21.4. The summed E-state index contributed by atoms with van der Waals surface area (Å²) >= 11 is 5.92. The molecule has 0 radical (unpaired) electrons. The fourth-order valence-corrected chi connectivity index (χ4v) is 4.93. The maximum atomic E-state index is 12.9. The normalized spacial score (nSPS) is 16.5. The van der Waals surface area contributed by atoms with Gasteiger partial charge in [0.2, 0.25) is 10.0 Å². The van der Waals surface area contributed by atoms with Crippen LogP contribution in [0.2, 0.25) is 5.02 Å². The van der Waals surface area contributed by atoms with Crippen molar-refractivity contribution in [1.82, 2.24) is 0 Å². The van der Waals surface area contributed by atoms with E-state index in [0.717, 1.165) is 18.2 Å². The van der Waals surface area contributed by atoms with E-state index in [2.05, 4.69) is 5.32 Å². The molecule has 2 aromatic carbocycles. The molecular formula is C19H18ClF3N2O3S. The molecule has 1 aliphatic rings. The maximum Gasteiger partial charge on any atom is 0.416 e. The molecule has 156 valence electrons. The van der Waals surface area contributed by atoms with E-state index < -0.39 is 27.7 Å². The third kappa shape index (κ3) is 4.67. The SMILES string of the molecule is Cc1ccc(C(=O)Nc2cc(C(F)(F)F)ccc2Cl)cc1N1CCCCS1(=O)=O. The molecule has 1 saturated heterocycles. The van der Waals surface area contributed by atoms with E-state index in [1.54, 1.807) is 13.0 Å². The van der Waals surface area contributed by atoms with Crippen molar-refractivity contribution in [2.45, 2.75) is 25.9 Å². The maximum absolute atomic E-state index is 12.9. The number of hydrogen-bond donors (Lipinski definition) is 1. The number of hydrogen-bond acceptors (Lipinski definition) is 3. The minimum Gasteiger partial charge on any atom is -0.321 e. The monoisotopic (exact) mass is 446 g/mol. The van der Waals surface area contributed by atoms with Gasteiger partial charge in [-0.1, -0.05) is 17.7 Å². The molecule has 0 aromatic heterocycles. The molecule has 29 heavy (non-hydrogen) atoms. The van der Waals surface area contributed by atoms with Crippen LogP contribution in [0.15, 0.2) is 36.4 Å². The van der Waals surface area contributed by atoms with Gasteiger partial charge in [-0.2, -0.15) is 13.2 Å². The van der Waals surface area contributed by atoms with E-state index in [0.29, 0.717) is 30.6 Å². The van der Waals surface area contributed by atoms with Crippen molar-refractivity contribution in [3.8, 4) is 0 Å². The molecule has 0 atom stereocenters. The van der Waals surface area contributed by atoms with Gasteiger partial charge in [0.05, 0.1) is 27.7 Å². The number of nitrogens with zero attached hydrogens (tertiary/aromatic N) is 1. The Morgan fingerprint density at radius 3 is 2.52 bits per heavy atom. The molecule has 10 heteroatoms. The zero-order valence-corrected chi connectivity index (χ0v) is 17.0. The summed E-state index contributed by atoms with van der Waals surface area (Å²) in [5, 5.41) is 2.33. The van der Waals surface area contributed by atoms with E-state index in [9.17, 15) is 26.4 Å². The largest absolute Gasteiger partial charge is 0.416 e.